The molecule has 0 spiro atoms. The molecule has 4 aromatic rings. The second-order valence-electron chi connectivity index (χ2n) is 7.75. The quantitative estimate of drug-likeness (QED) is 0.495. The van der Waals surface area contributed by atoms with Gasteiger partial charge in [0.2, 0.25) is 0 Å². The summed E-state index contributed by atoms with van der Waals surface area (Å²) in [6.45, 7) is 4.45. The van der Waals surface area contributed by atoms with E-state index in [9.17, 15) is 4.39 Å². The van der Waals surface area contributed by atoms with Crippen LogP contribution in [0.2, 0.25) is 0 Å². The fraction of sp³-hybridized carbons (Fsp3) is 0.208. The number of aryl methyl sites for hydroxylation is 2. The van der Waals surface area contributed by atoms with Crippen molar-refractivity contribution >= 4 is 17.2 Å². The number of nitrogens with zero attached hydrogens (tertiary/aromatic N) is 5. The molecule has 0 amide bonds. The van der Waals surface area contributed by atoms with Crippen LogP contribution in [0.15, 0.2) is 72.4 Å². The predicted octanol–water partition coefficient (Wildman–Crippen LogP) is 4.75. The van der Waals surface area contributed by atoms with E-state index in [4.69, 9.17) is 4.99 Å². The van der Waals surface area contributed by atoms with Crippen LogP contribution in [0.4, 0.5) is 15.9 Å². The summed E-state index contributed by atoms with van der Waals surface area (Å²) in [5.41, 5.74) is 6.04. The van der Waals surface area contributed by atoms with Gasteiger partial charge in [-0.05, 0) is 49.2 Å². The van der Waals surface area contributed by atoms with Gasteiger partial charge in [-0.3, -0.25) is 4.98 Å². The highest BCUT2D eigenvalue weighted by atomic mass is 19.1. The zero-order valence-corrected chi connectivity index (χ0v) is 17.3. The number of pyridine rings is 1. The first-order valence-corrected chi connectivity index (χ1v) is 10.4. The maximum absolute atomic E-state index is 13.4. The van der Waals surface area contributed by atoms with Crippen molar-refractivity contribution in [3.8, 4) is 11.3 Å². The molecule has 0 aliphatic carbocycles. The number of nitrogens with one attached hydrogen (secondary N) is 1. The normalized spacial score (nSPS) is 13.2. The summed E-state index contributed by atoms with van der Waals surface area (Å²) in [6.07, 6.45) is 8.48. The number of benzene rings is 1. The molecular formula is C24H23FN6. The van der Waals surface area contributed by atoms with Gasteiger partial charge in [-0.25, -0.2) is 14.4 Å². The molecule has 6 nitrogen and oxygen atoms in total. The average Bonchev–Trinajstić information content (AvgIpc) is 3.41. The van der Waals surface area contributed by atoms with E-state index >= 15 is 0 Å². The Morgan fingerprint density at radius 3 is 2.58 bits per heavy atom. The molecule has 0 radical (unpaired) electrons. The molecule has 0 atom stereocenters. The Hall–Kier alpha value is -3.74. The molecule has 4 heterocycles. The molecule has 0 unspecified atom stereocenters. The number of aliphatic imine (C=N–C) groups is 1. The lowest BCUT2D eigenvalue weighted by molar-refractivity contribution is 0.627. The molecule has 1 aliphatic heterocycles. The summed E-state index contributed by atoms with van der Waals surface area (Å²) in [7, 11) is 0. The Labute approximate surface area is 180 Å². The Morgan fingerprint density at radius 2 is 1.84 bits per heavy atom. The van der Waals surface area contributed by atoms with Gasteiger partial charge in [0, 0.05) is 42.9 Å². The first-order chi connectivity index (χ1) is 15.2. The second kappa shape index (κ2) is 8.18. The number of rotatable bonds is 6. The van der Waals surface area contributed by atoms with Crippen molar-refractivity contribution in [3.63, 3.8) is 0 Å². The summed E-state index contributed by atoms with van der Waals surface area (Å²) in [5.74, 6) is 0.587. The van der Waals surface area contributed by atoms with Crippen LogP contribution >= 0.6 is 0 Å². The van der Waals surface area contributed by atoms with Crippen molar-refractivity contribution in [1.29, 1.82) is 0 Å². The number of hydrogen-bond acceptors (Lipinski definition) is 4. The molecule has 0 bridgehead atoms. The third-order valence-electron chi connectivity index (χ3n) is 5.48. The predicted molar refractivity (Wildman–Crippen MR) is 120 cm³/mol. The maximum Gasteiger partial charge on any atom is 0.154 e. The van der Waals surface area contributed by atoms with E-state index in [1.54, 1.807) is 24.5 Å². The van der Waals surface area contributed by atoms with E-state index in [1.807, 2.05) is 25.4 Å². The second-order valence-corrected chi connectivity index (χ2v) is 7.75. The van der Waals surface area contributed by atoms with Gasteiger partial charge in [-0.2, -0.15) is 0 Å². The Balaban J connectivity index is 1.44. The van der Waals surface area contributed by atoms with Gasteiger partial charge in [0.25, 0.3) is 0 Å². The zero-order chi connectivity index (χ0) is 21.2. The van der Waals surface area contributed by atoms with Crippen LogP contribution in [0.5, 0.6) is 0 Å². The largest absolute Gasteiger partial charge is 0.362 e. The number of hydrogen-bond donors (Lipinski definition) is 1. The van der Waals surface area contributed by atoms with Gasteiger partial charge < -0.3 is 14.5 Å². The number of aromatic nitrogens is 4. The average molecular weight is 414 g/mol. The van der Waals surface area contributed by atoms with E-state index in [-0.39, 0.29) is 5.82 Å². The van der Waals surface area contributed by atoms with Crippen molar-refractivity contribution in [2.45, 2.75) is 19.9 Å². The highest BCUT2D eigenvalue weighted by molar-refractivity contribution is 6.07. The number of anilines is 1. The van der Waals surface area contributed by atoms with E-state index < -0.39 is 0 Å². The minimum atomic E-state index is -0.242. The van der Waals surface area contributed by atoms with Crippen LogP contribution in [-0.4, -0.2) is 38.3 Å². The van der Waals surface area contributed by atoms with Gasteiger partial charge in [-0.15, -0.1) is 0 Å². The van der Waals surface area contributed by atoms with Gasteiger partial charge in [0.1, 0.15) is 5.82 Å². The SMILES string of the molecule is Cc1cn(CCCN2CC(c3ccc(F)cc3)=Nc3[nH]c(-c4ccncc4)cc32)cn1. The maximum atomic E-state index is 13.4. The van der Waals surface area contributed by atoms with Crippen LogP contribution in [0.1, 0.15) is 17.7 Å². The molecule has 0 fully saturated rings. The minimum Gasteiger partial charge on any atom is -0.362 e. The minimum absolute atomic E-state index is 0.242. The van der Waals surface area contributed by atoms with Gasteiger partial charge in [-0.1, -0.05) is 12.1 Å². The van der Waals surface area contributed by atoms with Crippen molar-refractivity contribution < 1.29 is 4.39 Å². The first-order valence-electron chi connectivity index (χ1n) is 10.4. The fourth-order valence-corrected chi connectivity index (χ4v) is 3.92. The van der Waals surface area contributed by atoms with E-state index in [0.717, 1.165) is 59.2 Å². The molecule has 0 saturated heterocycles. The van der Waals surface area contributed by atoms with E-state index in [0.29, 0.717) is 6.54 Å². The molecule has 1 aromatic carbocycles. The van der Waals surface area contributed by atoms with Crippen molar-refractivity contribution in [1.82, 2.24) is 19.5 Å². The number of imidazole rings is 1. The monoisotopic (exact) mass is 414 g/mol. The standard InChI is InChI=1S/C24H23FN6/c1-17-14-30(16-27-17)11-2-12-31-15-22(18-3-5-20(25)6-4-18)29-24-23(31)13-21(28-24)19-7-9-26-10-8-19/h3-10,13-14,16,28H,2,11-12,15H2,1H3. The zero-order valence-electron chi connectivity index (χ0n) is 17.3. The fourth-order valence-electron chi connectivity index (χ4n) is 3.92. The Kier molecular flexibility index (Phi) is 5.08. The van der Waals surface area contributed by atoms with Gasteiger partial charge in [0.15, 0.2) is 5.82 Å². The highest BCUT2D eigenvalue weighted by Gasteiger charge is 2.23. The van der Waals surface area contributed by atoms with Crippen molar-refractivity contribution in [3.05, 3.63) is 84.5 Å². The lowest BCUT2D eigenvalue weighted by Gasteiger charge is -2.28. The summed E-state index contributed by atoms with van der Waals surface area (Å²) >= 11 is 0. The van der Waals surface area contributed by atoms with Crippen molar-refractivity contribution in [2.24, 2.45) is 4.99 Å². The number of halogens is 1. The van der Waals surface area contributed by atoms with Crippen LogP contribution in [0.3, 0.4) is 0 Å². The van der Waals surface area contributed by atoms with Crippen LogP contribution < -0.4 is 4.90 Å². The first kappa shape index (κ1) is 19.2. The summed E-state index contributed by atoms with van der Waals surface area (Å²) in [6, 6.07) is 12.7. The Morgan fingerprint density at radius 1 is 1.03 bits per heavy atom. The molecule has 31 heavy (non-hydrogen) atoms. The van der Waals surface area contributed by atoms with Crippen LogP contribution in [0.25, 0.3) is 11.3 Å². The lowest BCUT2D eigenvalue weighted by Crippen LogP contribution is -2.33. The van der Waals surface area contributed by atoms with Crippen LogP contribution in [0, 0.1) is 12.7 Å². The van der Waals surface area contributed by atoms with Crippen LogP contribution in [-0.2, 0) is 6.54 Å². The molecule has 0 saturated carbocycles. The van der Waals surface area contributed by atoms with Gasteiger partial charge in [0.05, 0.1) is 30.0 Å². The van der Waals surface area contributed by atoms with Gasteiger partial charge >= 0.3 is 0 Å². The van der Waals surface area contributed by atoms with E-state index in [2.05, 4.69) is 36.7 Å². The smallest absolute Gasteiger partial charge is 0.154 e. The Bertz CT molecular complexity index is 1210. The van der Waals surface area contributed by atoms with E-state index in [1.165, 1.54) is 12.1 Å². The molecular weight excluding hydrogens is 391 g/mol. The molecule has 5 rings (SSSR count). The summed E-state index contributed by atoms with van der Waals surface area (Å²) in [4.78, 5) is 19.1. The lowest BCUT2D eigenvalue weighted by atomic mass is 10.1. The summed E-state index contributed by atoms with van der Waals surface area (Å²) < 4.78 is 15.5. The molecule has 1 aliphatic rings. The molecule has 3 aromatic heterocycles. The third kappa shape index (κ3) is 4.12. The molecule has 1 N–H and O–H groups in total. The number of fused-ring (bicyclic) bond motifs is 1. The third-order valence-corrected chi connectivity index (χ3v) is 5.48. The summed E-state index contributed by atoms with van der Waals surface area (Å²) in [5, 5.41) is 0. The van der Waals surface area contributed by atoms with Crippen molar-refractivity contribution in [2.75, 3.05) is 18.0 Å². The molecule has 156 valence electrons. The topological polar surface area (TPSA) is 62.1 Å². The highest BCUT2D eigenvalue weighted by Crippen LogP contribution is 2.37. The molecule has 7 heteroatoms. The number of H-pyrrole nitrogens is 1. The number of aromatic amines is 1.